The first-order valence-electron chi connectivity index (χ1n) is 7.72. The van der Waals surface area contributed by atoms with E-state index in [4.69, 9.17) is 0 Å². The second-order valence-electron chi connectivity index (χ2n) is 5.86. The molecule has 1 aliphatic heterocycles. The number of amides is 2. The Morgan fingerprint density at radius 2 is 1.86 bits per heavy atom. The molecule has 2 rings (SSSR count). The van der Waals surface area contributed by atoms with Gasteiger partial charge < -0.3 is 10.2 Å². The van der Waals surface area contributed by atoms with E-state index in [2.05, 4.69) is 24.4 Å². The second kappa shape index (κ2) is 6.29. The number of anilines is 1. The Balaban J connectivity index is 2.28. The molecular weight excluding hydrogens is 264 g/mol. The lowest BCUT2D eigenvalue weighted by atomic mass is 9.97. The number of rotatable bonds is 4. The summed E-state index contributed by atoms with van der Waals surface area (Å²) in [6.45, 7) is 6.31. The molecule has 114 valence electrons. The Bertz CT molecular complexity index is 524. The average Bonchev–Trinajstić information content (AvgIpc) is 2.59. The van der Waals surface area contributed by atoms with Crippen LogP contribution in [0.2, 0.25) is 0 Å². The smallest absolute Gasteiger partial charge is 0.252 e. The summed E-state index contributed by atoms with van der Waals surface area (Å²) in [6, 6.07) is 8.09. The second-order valence-corrected chi connectivity index (χ2v) is 5.86. The molecule has 1 unspecified atom stereocenters. The molecule has 1 aromatic carbocycles. The van der Waals surface area contributed by atoms with Crippen molar-refractivity contribution in [2.45, 2.75) is 52.0 Å². The van der Waals surface area contributed by atoms with Crippen molar-refractivity contribution in [3.05, 3.63) is 29.8 Å². The summed E-state index contributed by atoms with van der Waals surface area (Å²) >= 11 is 0. The molecule has 4 nitrogen and oxygen atoms in total. The normalized spacial score (nSPS) is 22.9. The van der Waals surface area contributed by atoms with E-state index in [0.29, 0.717) is 19.4 Å². The van der Waals surface area contributed by atoms with E-state index in [1.54, 1.807) is 11.8 Å². The lowest BCUT2D eigenvalue weighted by molar-refractivity contribution is -0.129. The molecule has 1 aliphatic rings. The van der Waals surface area contributed by atoms with Gasteiger partial charge in [-0.05, 0) is 37.5 Å². The fourth-order valence-electron chi connectivity index (χ4n) is 2.65. The van der Waals surface area contributed by atoms with Crippen molar-refractivity contribution in [2.24, 2.45) is 0 Å². The number of nitrogens with zero attached hydrogens (tertiary/aromatic N) is 1. The lowest BCUT2D eigenvalue weighted by Crippen LogP contribution is -2.54. The van der Waals surface area contributed by atoms with Gasteiger partial charge in [0.1, 0.15) is 5.54 Å². The molecule has 1 atom stereocenters. The first kappa shape index (κ1) is 15.5. The van der Waals surface area contributed by atoms with Crippen LogP contribution in [0.5, 0.6) is 0 Å². The fourth-order valence-corrected chi connectivity index (χ4v) is 2.65. The molecule has 0 saturated carbocycles. The Labute approximate surface area is 126 Å². The number of hydrogen-bond donors (Lipinski definition) is 1. The van der Waals surface area contributed by atoms with Gasteiger partial charge in [-0.1, -0.05) is 32.4 Å². The third kappa shape index (κ3) is 3.26. The molecule has 0 spiro atoms. The SMILES string of the molecule is CCCc1ccc(N2CCC(=O)NC(C)(CC)C2=O)cc1. The van der Waals surface area contributed by atoms with Crippen LogP contribution in [0.3, 0.4) is 0 Å². The summed E-state index contributed by atoms with van der Waals surface area (Å²) in [6.07, 6.45) is 3.08. The summed E-state index contributed by atoms with van der Waals surface area (Å²) in [5, 5.41) is 2.86. The van der Waals surface area contributed by atoms with Crippen LogP contribution < -0.4 is 10.2 Å². The maximum atomic E-state index is 12.8. The zero-order valence-electron chi connectivity index (χ0n) is 13.1. The molecule has 2 amide bonds. The van der Waals surface area contributed by atoms with Gasteiger partial charge in [-0.15, -0.1) is 0 Å². The highest BCUT2D eigenvalue weighted by molar-refractivity contribution is 6.03. The Kier molecular flexibility index (Phi) is 4.66. The van der Waals surface area contributed by atoms with E-state index < -0.39 is 5.54 Å². The molecule has 0 radical (unpaired) electrons. The Morgan fingerprint density at radius 1 is 1.19 bits per heavy atom. The predicted octanol–water partition coefficient (Wildman–Crippen LogP) is 2.66. The summed E-state index contributed by atoms with van der Waals surface area (Å²) in [4.78, 5) is 26.3. The topological polar surface area (TPSA) is 49.4 Å². The number of carbonyl (C=O) groups excluding carboxylic acids is 2. The summed E-state index contributed by atoms with van der Waals surface area (Å²) in [5.41, 5.74) is 1.34. The third-order valence-electron chi connectivity index (χ3n) is 4.19. The largest absolute Gasteiger partial charge is 0.342 e. The molecule has 1 saturated heterocycles. The van der Waals surface area contributed by atoms with Gasteiger partial charge in [-0.3, -0.25) is 9.59 Å². The molecule has 0 aromatic heterocycles. The van der Waals surface area contributed by atoms with Crippen molar-refractivity contribution in [1.82, 2.24) is 5.32 Å². The molecule has 1 fully saturated rings. The fraction of sp³-hybridized carbons (Fsp3) is 0.529. The van der Waals surface area contributed by atoms with Crippen LogP contribution in [-0.4, -0.2) is 23.9 Å². The van der Waals surface area contributed by atoms with Gasteiger partial charge in [-0.25, -0.2) is 0 Å². The van der Waals surface area contributed by atoms with Gasteiger partial charge in [0.05, 0.1) is 0 Å². The van der Waals surface area contributed by atoms with Crippen LogP contribution in [-0.2, 0) is 16.0 Å². The summed E-state index contributed by atoms with van der Waals surface area (Å²) < 4.78 is 0. The van der Waals surface area contributed by atoms with Crippen LogP contribution in [0.4, 0.5) is 5.69 Å². The molecule has 21 heavy (non-hydrogen) atoms. The van der Waals surface area contributed by atoms with Crippen molar-refractivity contribution in [1.29, 1.82) is 0 Å². The van der Waals surface area contributed by atoms with E-state index in [1.807, 2.05) is 19.1 Å². The minimum atomic E-state index is -0.810. The minimum absolute atomic E-state index is 0.0286. The molecule has 1 N–H and O–H groups in total. The Hall–Kier alpha value is -1.84. The number of hydrogen-bond acceptors (Lipinski definition) is 2. The van der Waals surface area contributed by atoms with E-state index in [0.717, 1.165) is 18.5 Å². The highest BCUT2D eigenvalue weighted by Crippen LogP contribution is 2.24. The van der Waals surface area contributed by atoms with Crippen molar-refractivity contribution in [2.75, 3.05) is 11.4 Å². The zero-order valence-corrected chi connectivity index (χ0v) is 13.1. The maximum Gasteiger partial charge on any atom is 0.252 e. The van der Waals surface area contributed by atoms with E-state index in [-0.39, 0.29) is 11.8 Å². The minimum Gasteiger partial charge on any atom is -0.342 e. The average molecular weight is 288 g/mol. The quantitative estimate of drug-likeness (QED) is 0.926. The van der Waals surface area contributed by atoms with Crippen LogP contribution in [0.25, 0.3) is 0 Å². The number of nitrogens with one attached hydrogen (secondary N) is 1. The van der Waals surface area contributed by atoms with Crippen LogP contribution in [0.15, 0.2) is 24.3 Å². The van der Waals surface area contributed by atoms with Gasteiger partial charge in [0.2, 0.25) is 5.91 Å². The van der Waals surface area contributed by atoms with E-state index in [1.165, 1.54) is 5.56 Å². The summed E-state index contributed by atoms with van der Waals surface area (Å²) in [5.74, 6) is -0.0862. The molecule has 1 aromatic rings. The first-order valence-corrected chi connectivity index (χ1v) is 7.72. The highest BCUT2D eigenvalue weighted by atomic mass is 16.2. The molecule has 0 aliphatic carbocycles. The predicted molar refractivity (Wildman–Crippen MR) is 84.2 cm³/mol. The summed E-state index contributed by atoms with van der Waals surface area (Å²) in [7, 11) is 0. The first-order chi connectivity index (χ1) is 10.00. The molecule has 0 bridgehead atoms. The van der Waals surface area contributed by atoms with Crippen LogP contribution >= 0.6 is 0 Å². The monoisotopic (exact) mass is 288 g/mol. The van der Waals surface area contributed by atoms with Gasteiger partial charge >= 0.3 is 0 Å². The van der Waals surface area contributed by atoms with E-state index >= 15 is 0 Å². The number of aryl methyl sites for hydroxylation is 1. The van der Waals surface area contributed by atoms with Crippen molar-refractivity contribution in [3.63, 3.8) is 0 Å². The van der Waals surface area contributed by atoms with Crippen molar-refractivity contribution < 1.29 is 9.59 Å². The van der Waals surface area contributed by atoms with Crippen molar-refractivity contribution >= 4 is 17.5 Å². The van der Waals surface area contributed by atoms with E-state index in [9.17, 15) is 9.59 Å². The highest BCUT2D eigenvalue weighted by Gasteiger charge is 2.39. The lowest BCUT2D eigenvalue weighted by Gasteiger charge is -2.31. The van der Waals surface area contributed by atoms with Crippen molar-refractivity contribution in [3.8, 4) is 0 Å². The van der Waals surface area contributed by atoms with Gasteiger partial charge in [0.25, 0.3) is 5.91 Å². The van der Waals surface area contributed by atoms with Gasteiger partial charge in [-0.2, -0.15) is 0 Å². The Morgan fingerprint density at radius 3 is 2.43 bits per heavy atom. The molecule has 4 heteroatoms. The van der Waals surface area contributed by atoms with Crippen LogP contribution in [0.1, 0.15) is 45.6 Å². The zero-order chi connectivity index (χ0) is 15.5. The number of benzene rings is 1. The van der Waals surface area contributed by atoms with Crippen LogP contribution in [0, 0.1) is 0 Å². The molecule has 1 heterocycles. The van der Waals surface area contributed by atoms with Gasteiger partial charge in [0, 0.05) is 18.7 Å². The standard InChI is InChI=1S/C17H24N2O2/c1-4-6-13-7-9-14(10-8-13)19-12-11-15(20)18-17(3,5-2)16(19)21/h7-10H,4-6,11-12H2,1-3H3,(H,18,20). The third-order valence-corrected chi connectivity index (χ3v) is 4.19. The number of carbonyl (C=O) groups is 2. The molecular formula is C17H24N2O2. The van der Waals surface area contributed by atoms with Gasteiger partial charge in [0.15, 0.2) is 0 Å². The maximum absolute atomic E-state index is 12.8.